The molecule has 0 saturated carbocycles. The van der Waals surface area contributed by atoms with Crippen LogP contribution in [0.3, 0.4) is 0 Å². The lowest BCUT2D eigenvalue weighted by Gasteiger charge is -2.30. The molecule has 320 valence electrons. The van der Waals surface area contributed by atoms with Gasteiger partial charge < -0.3 is 28.8 Å². The second-order valence-corrected chi connectivity index (χ2v) is 18.2. The highest BCUT2D eigenvalue weighted by molar-refractivity contribution is 7.45. The second-order valence-electron chi connectivity index (χ2n) is 16.8. The monoisotopic (exact) mass is 785 g/mol. The van der Waals surface area contributed by atoms with E-state index in [1.54, 1.807) is 0 Å². The Morgan fingerprint density at radius 1 is 0.648 bits per heavy atom. The van der Waals surface area contributed by atoms with Gasteiger partial charge in [-0.3, -0.25) is 9.36 Å². The molecule has 0 rings (SSSR count). The number of unbranched alkanes of at least 4 members (excludes halogenated alkanes) is 24. The summed E-state index contributed by atoms with van der Waals surface area (Å²) in [6, 6.07) is -0.828. The molecule has 0 bridgehead atoms. The normalized spacial score (nSPS) is 14.6. The third-order valence-electron chi connectivity index (χ3n) is 10.2. The number of hydrogen-bond acceptors (Lipinski definition) is 6. The highest BCUT2D eigenvalue weighted by Crippen LogP contribution is 2.38. The first-order valence-electron chi connectivity index (χ1n) is 22.7. The Morgan fingerprint density at radius 3 is 1.54 bits per heavy atom. The van der Waals surface area contributed by atoms with Gasteiger partial charge in [-0.2, -0.15) is 0 Å². The quantitative estimate of drug-likeness (QED) is 0.0277. The minimum Gasteiger partial charge on any atom is -0.756 e. The lowest BCUT2D eigenvalue weighted by Crippen LogP contribution is -2.46. The van der Waals surface area contributed by atoms with Crippen LogP contribution in [0.15, 0.2) is 24.3 Å². The van der Waals surface area contributed by atoms with E-state index in [2.05, 4.69) is 37.4 Å². The lowest BCUT2D eigenvalue weighted by atomic mass is 10.0. The van der Waals surface area contributed by atoms with Crippen molar-refractivity contribution in [2.24, 2.45) is 0 Å². The molecule has 0 aliphatic rings. The van der Waals surface area contributed by atoms with Crippen molar-refractivity contribution in [1.82, 2.24) is 5.32 Å². The van der Waals surface area contributed by atoms with E-state index < -0.39 is 20.0 Å². The van der Waals surface area contributed by atoms with Crippen LogP contribution in [0.1, 0.15) is 206 Å². The molecule has 0 aromatic rings. The van der Waals surface area contributed by atoms with Gasteiger partial charge in [-0.25, -0.2) is 0 Å². The summed E-state index contributed by atoms with van der Waals surface area (Å²) in [6.07, 6.45) is 43.4. The number of carbonyl (C=O) groups is 1. The zero-order valence-electron chi connectivity index (χ0n) is 36.2. The van der Waals surface area contributed by atoms with Crippen LogP contribution in [0.4, 0.5) is 0 Å². The number of carbonyl (C=O) groups excluding carboxylic acids is 1. The maximum Gasteiger partial charge on any atom is 0.268 e. The minimum absolute atomic E-state index is 0.00375. The van der Waals surface area contributed by atoms with E-state index in [0.29, 0.717) is 23.9 Å². The number of phosphoric acid groups is 1. The van der Waals surface area contributed by atoms with Gasteiger partial charge in [0.25, 0.3) is 7.82 Å². The van der Waals surface area contributed by atoms with Crippen molar-refractivity contribution in [1.29, 1.82) is 0 Å². The molecule has 54 heavy (non-hydrogen) atoms. The van der Waals surface area contributed by atoms with Crippen molar-refractivity contribution in [3.63, 3.8) is 0 Å². The van der Waals surface area contributed by atoms with Crippen LogP contribution in [-0.2, 0) is 18.4 Å². The predicted molar refractivity (Wildman–Crippen MR) is 228 cm³/mol. The Labute approximate surface area is 334 Å². The standard InChI is InChI=1S/C45H89N2O6P/c1-6-8-10-12-14-16-18-20-21-22-23-24-25-27-28-30-32-34-36-38-44(48)43(42-53-54(50,51)52-41-40-47(3,4)5)46-45(49)39-37-35-33-31-29-26-19-17-15-13-11-9-7-2/h26,29,33,35,43-44,48H,6-25,27-28,30-32,34,36-42H2,1-5H3,(H-,46,49,50,51)/b29-26-,35-33-. The number of aliphatic hydroxyl groups is 1. The Balaban J connectivity index is 4.38. The first kappa shape index (κ1) is 53.0. The van der Waals surface area contributed by atoms with E-state index in [1.165, 1.54) is 141 Å². The number of nitrogens with one attached hydrogen (secondary N) is 1. The summed E-state index contributed by atoms with van der Waals surface area (Å²) < 4.78 is 23.2. The van der Waals surface area contributed by atoms with Gasteiger partial charge in [0, 0.05) is 6.42 Å². The van der Waals surface area contributed by atoms with Gasteiger partial charge in [0.05, 0.1) is 39.9 Å². The predicted octanol–water partition coefficient (Wildman–Crippen LogP) is 11.9. The van der Waals surface area contributed by atoms with Gasteiger partial charge in [-0.05, 0) is 32.1 Å². The average molecular weight is 785 g/mol. The Hall–Kier alpha value is -1.02. The van der Waals surface area contributed by atoms with Crippen LogP contribution in [0, 0.1) is 0 Å². The van der Waals surface area contributed by atoms with Gasteiger partial charge in [0.1, 0.15) is 13.2 Å². The molecule has 0 spiro atoms. The number of quaternary nitrogens is 1. The summed E-state index contributed by atoms with van der Waals surface area (Å²) in [5.74, 6) is -0.231. The lowest BCUT2D eigenvalue weighted by molar-refractivity contribution is -0.870. The fourth-order valence-corrected chi connectivity index (χ4v) is 7.28. The SMILES string of the molecule is CCCCCCCC/C=C\C/C=C\CCC(=O)NC(COP(=O)([O-])OCC[N+](C)(C)C)C(O)CCCCCCCCCCCCCCCCCCCCC. The first-order chi connectivity index (χ1) is 26.0. The van der Waals surface area contributed by atoms with Crippen molar-refractivity contribution >= 4 is 13.7 Å². The highest BCUT2D eigenvalue weighted by Gasteiger charge is 2.24. The smallest absolute Gasteiger partial charge is 0.268 e. The van der Waals surface area contributed by atoms with E-state index in [0.717, 1.165) is 32.1 Å². The molecule has 9 heteroatoms. The first-order valence-corrected chi connectivity index (χ1v) is 24.1. The molecule has 0 aliphatic heterocycles. The van der Waals surface area contributed by atoms with Gasteiger partial charge >= 0.3 is 0 Å². The summed E-state index contributed by atoms with van der Waals surface area (Å²) >= 11 is 0. The van der Waals surface area contributed by atoms with Crippen LogP contribution in [0.2, 0.25) is 0 Å². The fourth-order valence-electron chi connectivity index (χ4n) is 6.56. The van der Waals surface area contributed by atoms with E-state index in [9.17, 15) is 19.4 Å². The van der Waals surface area contributed by atoms with E-state index in [4.69, 9.17) is 9.05 Å². The summed E-state index contributed by atoms with van der Waals surface area (Å²) in [5, 5.41) is 13.9. The molecule has 0 saturated heterocycles. The molecular formula is C45H89N2O6P. The average Bonchev–Trinajstić information content (AvgIpc) is 3.12. The van der Waals surface area contributed by atoms with Gasteiger partial charge in [0.2, 0.25) is 5.91 Å². The third kappa shape index (κ3) is 39.2. The van der Waals surface area contributed by atoms with E-state index >= 15 is 0 Å². The van der Waals surface area contributed by atoms with Crippen LogP contribution < -0.4 is 10.2 Å². The molecule has 0 aromatic carbocycles. The number of amides is 1. The number of likely N-dealkylation sites (N-methyl/N-ethyl adjacent to an activating group) is 1. The molecule has 0 aliphatic carbocycles. The van der Waals surface area contributed by atoms with Crippen LogP contribution in [0.25, 0.3) is 0 Å². The number of aliphatic hydroxyl groups excluding tert-OH is 1. The van der Waals surface area contributed by atoms with Crippen molar-refractivity contribution in [2.45, 2.75) is 219 Å². The summed E-state index contributed by atoms with van der Waals surface area (Å²) in [5.41, 5.74) is 0. The molecular weight excluding hydrogens is 695 g/mol. The number of rotatable bonds is 41. The second kappa shape index (κ2) is 37.6. The van der Waals surface area contributed by atoms with Crippen LogP contribution in [0.5, 0.6) is 0 Å². The van der Waals surface area contributed by atoms with Crippen molar-refractivity contribution < 1.29 is 32.9 Å². The molecule has 2 N–H and O–H groups in total. The Kier molecular flexibility index (Phi) is 36.8. The number of phosphoric ester groups is 1. The summed E-state index contributed by atoms with van der Waals surface area (Å²) in [7, 11) is 1.28. The van der Waals surface area contributed by atoms with Gasteiger partial charge in [-0.15, -0.1) is 0 Å². The third-order valence-corrected chi connectivity index (χ3v) is 11.2. The van der Waals surface area contributed by atoms with Crippen LogP contribution in [-0.4, -0.2) is 68.5 Å². The maximum absolute atomic E-state index is 12.8. The molecule has 0 radical (unpaired) electrons. The van der Waals surface area contributed by atoms with Gasteiger partial charge in [-0.1, -0.05) is 192 Å². The topological polar surface area (TPSA) is 108 Å². The number of nitrogens with zero attached hydrogens (tertiary/aromatic N) is 1. The van der Waals surface area contributed by atoms with Crippen LogP contribution >= 0.6 is 7.82 Å². The van der Waals surface area contributed by atoms with Crippen molar-refractivity contribution in [3.05, 3.63) is 24.3 Å². The molecule has 0 fully saturated rings. The molecule has 3 atom stereocenters. The summed E-state index contributed by atoms with van der Waals surface area (Å²) in [6.45, 7) is 4.67. The molecule has 8 nitrogen and oxygen atoms in total. The zero-order valence-corrected chi connectivity index (χ0v) is 37.1. The highest BCUT2D eigenvalue weighted by atomic mass is 31.2. The fraction of sp³-hybridized carbons (Fsp3) is 0.889. The Bertz CT molecular complexity index is 938. The van der Waals surface area contributed by atoms with E-state index in [1.807, 2.05) is 27.2 Å². The molecule has 1 amide bonds. The summed E-state index contributed by atoms with van der Waals surface area (Å²) in [4.78, 5) is 25.3. The zero-order chi connectivity index (χ0) is 40.0. The van der Waals surface area contributed by atoms with E-state index in [-0.39, 0.29) is 25.5 Å². The number of hydrogen-bond donors (Lipinski definition) is 2. The minimum atomic E-state index is -4.57. The van der Waals surface area contributed by atoms with Crippen molar-refractivity contribution in [3.8, 4) is 0 Å². The van der Waals surface area contributed by atoms with Crippen molar-refractivity contribution in [2.75, 3.05) is 40.9 Å². The molecule has 0 aromatic heterocycles. The number of allylic oxidation sites excluding steroid dienone is 4. The maximum atomic E-state index is 12.8. The molecule has 0 heterocycles. The largest absolute Gasteiger partial charge is 0.756 e. The van der Waals surface area contributed by atoms with Gasteiger partial charge in [0.15, 0.2) is 0 Å². The Morgan fingerprint density at radius 2 is 1.07 bits per heavy atom. The molecule has 3 unspecified atom stereocenters.